The van der Waals surface area contributed by atoms with E-state index in [-0.39, 0.29) is 24.8 Å². The standard InChI is InChI=1S/C19H22N2O4S/c1-12(2)13-4-6-14(7-5-13)17(24)20-18-15(9-11-26-18)19(25)21(3)10-8-16(22)23/h4-7,9,11-12H,8,10H2,1-3H3,(H,20,24)(H,22,23). The van der Waals surface area contributed by atoms with Gasteiger partial charge in [0.2, 0.25) is 0 Å². The van der Waals surface area contributed by atoms with Gasteiger partial charge in [0.05, 0.1) is 12.0 Å². The summed E-state index contributed by atoms with van der Waals surface area (Å²) in [7, 11) is 1.54. The molecule has 0 spiro atoms. The summed E-state index contributed by atoms with van der Waals surface area (Å²) >= 11 is 1.25. The third kappa shape index (κ3) is 4.92. The number of carbonyl (C=O) groups is 3. The average Bonchev–Trinajstić information content (AvgIpc) is 3.06. The van der Waals surface area contributed by atoms with Gasteiger partial charge in [0.15, 0.2) is 0 Å². The minimum absolute atomic E-state index is 0.105. The van der Waals surface area contributed by atoms with Gasteiger partial charge in [0.1, 0.15) is 5.00 Å². The van der Waals surface area contributed by atoms with Crippen LogP contribution in [0.3, 0.4) is 0 Å². The number of thiophene rings is 1. The number of hydrogen-bond acceptors (Lipinski definition) is 4. The van der Waals surface area contributed by atoms with Crippen molar-refractivity contribution in [2.75, 3.05) is 18.9 Å². The maximum Gasteiger partial charge on any atom is 0.305 e. The highest BCUT2D eigenvalue weighted by atomic mass is 32.1. The summed E-state index contributed by atoms with van der Waals surface area (Å²) in [6, 6.07) is 8.98. The van der Waals surface area contributed by atoms with Crippen molar-refractivity contribution >= 4 is 34.1 Å². The predicted molar refractivity (Wildman–Crippen MR) is 102 cm³/mol. The van der Waals surface area contributed by atoms with Crippen molar-refractivity contribution in [3.8, 4) is 0 Å². The van der Waals surface area contributed by atoms with E-state index >= 15 is 0 Å². The van der Waals surface area contributed by atoms with Crippen LogP contribution >= 0.6 is 11.3 Å². The highest BCUT2D eigenvalue weighted by molar-refractivity contribution is 7.14. The van der Waals surface area contributed by atoms with E-state index < -0.39 is 5.97 Å². The zero-order chi connectivity index (χ0) is 19.3. The fourth-order valence-electron chi connectivity index (χ4n) is 2.34. The monoisotopic (exact) mass is 374 g/mol. The first-order chi connectivity index (χ1) is 12.3. The lowest BCUT2D eigenvalue weighted by atomic mass is 10.0. The van der Waals surface area contributed by atoms with Crippen molar-refractivity contribution in [2.24, 2.45) is 0 Å². The molecule has 1 aromatic heterocycles. The predicted octanol–water partition coefficient (Wildman–Crippen LogP) is 3.67. The molecule has 0 unspecified atom stereocenters. The van der Waals surface area contributed by atoms with Gasteiger partial charge in [0.25, 0.3) is 11.8 Å². The van der Waals surface area contributed by atoms with Crippen LogP contribution in [0.15, 0.2) is 35.7 Å². The van der Waals surface area contributed by atoms with Crippen LogP contribution in [0, 0.1) is 0 Å². The largest absolute Gasteiger partial charge is 0.481 e. The molecule has 0 bridgehead atoms. The minimum atomic E-state index is -0.965. The Kier molecular flexibility index (Phi) is 6.52. The molecule has 2 amide bonds. The van der Waals surface area contributed by atoms with Crippen LogP contribution in [-0.2, 0) is 4.79 Å². The molecule has 0 fully saturated rings. The first-order valence-electron chi connectivity index (χ1n) is 8.25. The maximum absolute atomic E-state index is 12.5. The fraction of sp³-hybridized carbons (Fsp3) is 0.316. The second kappa shape index (κ2) is 8.62. The summed E-state index contributed by atoms with van der Waals surface area (Å²) < 4.78 is 0. The number of rotatable bonds is 7. The molecule has 7 heteroatoms. The number of amides is 2. The Morgan fingerprint density at radius 3 is 2.38 bits per heavy atom. The van der Waals surface area contributed by atoms with Crippen molar-refractivity contribution in [3.05, 3.63) is 52.4 Å². The Bertz CT molecular complexity index is 796. The zero-order valence-electron chi connectivity index (χ0n) is 15.0. The Hall–Kier alpha value is -2.67. The van der Waals surface area contributed by atoms with Crippen LogP contribution in [0.1, 0.15) is 52.5 Å². The molecule has 0 aliphatic heterocycles. The van der Waals surface area contributed by atoms with E-state index in [4.69, 9.17) is 5.11 Å². The van der Waals surface area contributed by atoms with Crippen LogP contribution in [0.2, 0.25) is 0 Å². The number of carbonyl (C=O) groups excluding carboxylic acids is 2. The molecular formula is C19H22N2O4S. The Balaban J connectivity index is 2.09. The van der Waals surface area contributed by atoms with Crippen molar-refractivity contribution < 1.29 is 19.5 Å². The number of carboxylic acids is 1. The molecule has 0 saturated carbocycles. The van der Waals surface area contributed by atoms with Crippen LogP contribution in [0.5, 0.6) is 0 Å². The molecule has 0 atom stereocenters. The van der Waals surface area contributed by atoms with Gasteiger partial charge in [-0.15, -0.1) is 11.3 Å². The number of aliphatic carboxylic acids is 1. The van der Waals surface area contributed by atoms with Gasteiger partial charge >= 0.3 is 5.97 Å². The number of carboxylic acid groups (broad SMARTS) is 1. The molecule has 1 aromatic carbocycles. The van der Waals surface area contributed by atoms with Gasteiger partial charge in [-0.2, -0.15) is 0 Å². The maximum atomic E-state index is 12.5. The first-order valence-corrected chi connectivity index (χ1v) is 9.13. The first kappa shape index (κ1) is 19.7. The van der Waals surface area contributed by atoms with Gasteiger partial charge in [0, 0.05) is 19.2 Å². The highest BCUT2D eigenvalue weighted by Crippen LogP contribution is 2.25. The van der Waals surface area contributed by atoms with E-state index in [0.717, 1.165) is 5.56 Å². The second-order valence-electron chi connectivity index (χ2n) is 6.26. The molecule has 2 N–H and O–H groups in total. The van der Waals surface area contributed by atoms with E-state index in [1.807, 2.05) is 12.1 Å². The molecule has 6 nitrogen and oxygen atoms in total. The number of hydrogen-bond donors (Lipinski definition) is 2. The van der Waals surface area contributed by atoms with E-state index in [9.17, 15) is 14.4 Å². The lowest BCUT2D eigenvalue weighted by Gasteiger charge is -2.16. The molecule has 0 aliphatic carbocycles. The van der Waals surface area contributed by atoms with Crippen molar-refractivity contribution in [2.45, 2.75) is 26.2 Å². The Labute approximate surface area is 156 Å². The van der Waals surface area contributed by atoms with Crippen molar-refractivity contribution in [3.63, 3.8) is 0 Å². The smallest absolute Gasteiger partial charge is 0.305 e. The highest BCUT2D eigenvalue weighted by Gasteiger charge is 2.19. The van der Waals surface area contributed by atoms with Crippen LogP contribution < -0.4 is 5.32 Å². The molecule has 0 aliphatic rings. The average molecular weight is 374 g/mol. The van der Waals surface area contributed by atoms with Crippen LogP contribution in [-0.4, -0.2) is 41.4 Å². The molecule has 2 aromatic rings. The Morgan fingerprint density at radius 1 is 1.15 bits per heavy atom. The minimum Gasteiger partial charge on any atom is -0.481 e. The SMILES string of the molecule is CC(C)c1ccc(C(=O)Nc2sccc2C(=O)N(C)CCC(=O)O)cc1. The number of nitrogens with one attached hydrogen (secondary N) is 1. The van der Waals surface area contributed by atoms with Crippen LogP contribution in [0.4, 0.5) is 5.00 Å². The molecule has 26 heavy (non-hydrogen) atoms. The lowest BCUT2D eigenvalue weighted by Crippen LogP contribution is -2.29. The molecule has 0 radical (unpaired) electrons. The van der Waals surface area contributed by atoms with E-state index in [1.165, 1.54) is 16.2 Å². The molecular weight excluding hydrogens is 352 g/mol. The summed E-state index contributed by atoms with van der Waals surface area (Å²) in [4.78, 5) is 36.9. The number of anilines is 1. The summed E-state index contributed by atoms with van der Waals surface area (Å²) in [5.74, 6) is -1.19. The molecule has 0 saturated heterocycles. The Morgan fingerprint density at radius 2 is 1.81 bits per heavy atom. The quantitative estimate of drug-likeness (QED) is 0.774. The number of benzene rings is 1. The van der Waals surface area contributed by atoms with Crippen molar-refractivity contribution in [1.82, 2.24) is 4.90 Å². The van der Waals surface area contributed by atoms with E-state index in [0.29, 0.717) is 22.0 Å². The van der Waals surface area contributed by atoms with Gasteiger partial charge in [-0.25, -0.2) is 0 Å². The zero-order valence-corrected chi connectivity index (χ0v) is 15.8. The molecule has 138 valence electrons. The summed E-state index contributed by atoms with van der Waals surface area (Å²) in [5.41, 5.74) is 2.02. The molecule has 1 heterocycles. The molecule has 2 rings (SSSR count). The van der Waals surface area contributed by atoms with Gasteiger partial charge in [-0.1, -0.05) is 26.0 Å². The topological polar surface area (TPSA) is 86.7 Å². The second-order valence-corrected chi connectivity index (χ2v) is 7.18. The van der Waals surface area contributed by atoms with Crippen molar-refractivity contribution in [1.29, 1.82) is 0 Å². The summed E-state index contributed by atoms with van der Waals surface area (Å²) in [6.45, 7) is 4.27. The van der Waals surface area contributed by atoms with E-state index in [1.54, 1.807) is 30.6 Å². The van der Waals surface area contributed by atoms with Gasteiger partial charge in [-0.05, 0) is 35.1 Å². The third-order valence-electron chi connectivity index (χ3n) is 3.97. The number of nitrogens with zero attached hydrogens (tertiary/aromatic N) is 1. The third-order valence-corrected chi connectivity index (χ3v) is 4.80. The van der Waals surface area contributed by atoms with E-state index in [2.05, 4.69) is 19.2 Å². The lowest BCUT2D eigenvalue weighted by molar-refractivity contribution is -0.137. The normalized spacial score (nSPS) is 10.6. The fourth-order valence-corrected chi connectivity index (χ4v) is 3.11. The van der Waals surface area contributed by atoms with Crippen LogP contribution in [0.25, 0.3) is 0 Å². The summed E-state index contributed by atoms with van der Waals surface area (Å²) in [6.07, 6.45) is -0.129. The summed E-state index contributed by atoms with van der Waals surface area (Å²) in [5, 5.41) is 13.7. The van der Waals surface area contributed by atoms with Gasteiger partial charge in [-0.3, -0.25) is 14.4 Å². The van der Waals surface area contributed by atoms with Gasteiger partial charge < -0.3 is 15.3 Å².